The average molecular weight is 199 g/mol. The maximum absolute atomic E-state index is 5.84. The van der Waals surface area contributed by atoms with Crippen molar-refractivity contribution in [2.75, 3.05) is 7.11 Å². The first-order valence-corrected chi connectivity index (χ1v) is 4.03. The number of halogens is 1. The average Bonchev–Trinajstić information content (AvgIpc) is 2.52. The highest BCUT2D eigenvalue weighted by Crippen LogP contribution is 2.15. The predicted molar refractivity (Wildman–Crippen MR) is 47.4 cm³/mol. The third-order valence-electron chi connectivity index (χ3n) is 1.58. The topological polar surface area (TPSA) is 63.7 Å². The maximum atomic E-state index is 5.84. The van der Waals surface area contributed by atoms with E-state index in [0.717, 1.165) is 0 Å². The van der Waals surface area contributed by atoms with Crippen molar-refractivity contribution in [1.82, 2.24) is 20.2 Å². The summed E-state index contributed by atoms with van der Waals surface area (Å²) in [6, 6.07) is 0. The third kappa shape index (κ3) is 1.48. The second-order valence-electron chi connectivity index (χ2n) is 2.50. The molecule has 0 atom stereocenters. The minimum atomic E-state index is 0.346. The summed E-state index contributed by atoms with van der Waals surface area (Å²) < 4.78 is 4.92. The monoisotopic (exact) mass is 198 g/mol. The van der Waals surface area contributed by atoms with Crippen molar-refractivity contribution in [3.8, 4) is 0 Å². The molecule has 2 aromatic heterocycles. The van der Waals surface area contributed by atoms with E-state index in [4.69, 9.17) is 16.3 Å². The van der Waals surface area contributed by atoms with Crippen LogP contribution in [-0.4, -0.2) is 27.3 Å². The summed E-state index contributed by atoms with van der Waals surface area (Å²) >= 11 is 5.84. The summed E-state index contributed by atoms with van der Waals surface area (Å²) in [4.78, 5) is 8.27. The summed E-state index contributed by atoms with van der Waals surface area (Å²) in [6.07, 6.45) is 1.60. The first kappa shape index (κ1) is 8.40. The number of hydrogen-bond acceptors (Lipinski definition) is 4. The molecule has 0 saturated carbocycles. The van der Waals surface area contributed by atoms with Crippen LogP contribution in [0.1, 0.15) is 5.69 Å². The fourth-order valence-corrected chi connectivity index (χ4v) is 1.20. The van der Waals surface area contributed by atoms with Crippen LogP contribution in [0.25, 0.3) is 11.2 Å². The van der Waals surface area contributed by atoms with E-state index < -0.39 is 0 Å². The molecule has 0 unspecified atom stereocenters. The summed E-state index contributed by atoms with van der Waals surface area (Å²) in [5.74, 6) is 0. The molecular formula is C7H7ClN4O. The second-order valence-corrected chi connectivity index (χ2v) is 2.86. The van der Waals surface area contributed by atoms with Crippen LogP contribution in [-0.2, 0) is 11.3 Å². The molecule has 2 heterocycles. The van der Waals surface area contributed by atoms with Gasteiger partial charge in [-0.2, -0.15) is 5.10 Å². The minimum absolute atomic E-state index is 0.346. The zero-order chi connectivity index (χ0) is 9.26. The Hall–Kier alpha value is -1.20. The van der Waals surface area contributed by atoms with Crippen LogP contribution in [0.4, 0.5) is 0 Å². The standard InChI is InChI=1S/C7H7ClN4O/c1-13-3-5-6(8)11-7-4(10-5)2-9-12-7/h2H,3H2,1H3,(H,9,11,12). The zero-order valence-electron chi connectivity index (χ0n) is 6.91. The molecule has 0 saturated heterocycles. The lowest BCUT2D eigenvalue weighted by Gasteiger charge is -1.99. The molecule has 0 bridgehead atoms. The van der Waals surface area contributed by atoms with E-state index in [9.17, 15) is 0 Å². The van der Waals surface area contributed by atoms with Crippen molar-refractivity contribution in [2.45, 2.75) is 6.61 Å². The largest absolute Gasteiger partial charge is 0.378 e. The van der Waals surface area contributed by atoms with E-state index in [0.29, 0.717) is 28.6 Å². The number of ether oxygens (including phenoxy) is 1. The highest BCUT2D eigenvalue weighted by Gasteiger charge is 2.06. The number of H-pyrrole nitrogens is 1. The van der Waals surface area contributed by atoms with Gasteiger partial charge in [0.2, 0.25) is 0 Å². The van der Waals surface area contributed by atoms with Crippen LogP contribution in [0.15, 0.2) is 6.20 Å². The molecule has 0 fully saturated rings. The molecule has 0 spiro atoms. The Morgan fingerprint density at radius 1 is 1.54 bits per heavy atom. The smallest absolute Gasteiger partial charge is 0.175 e. The number of rotatable bonds is 2. The number of nitrogens with zero attached hydrogens (tertiary/aromatic N) is 3. The minimum Gasteiger partial charge on any atom is -0.378 e. The summed E-state index contributed by atoms with van der Waals surface area (Å²) in [7, 11) is 1.58. The van der Waals surface area contributed by atoms with E-state index in [-0.39, 0.29) is 0 Å². The van der Waals surface area contributed by atoms with Crippen molar-refractivity contribution in [3.63, 3.8) is 0 Å². The van der Waals surface area contributed by atoms with Gasteiger partial charge in [0.25, 0.3) is 0 Å². The first-order chi connectivity index (χ1) is 6.31. The van der Waals surface area contributed by atoms with Crippen molar-refractivity contribution >= 4 is 22.8 Å². The SMILES string of the molecule is COCc1nc2cn[nH]c2nc1Cl. The molecule has 1 N–H and O–H groups in total. The molecule has 0 aliphatic heterocycles. The Bertz CT molecular complexity index is 427. The number of nitrogens with one attached hydrogen (secondary N) is 1. The van der Waals surface area contributed by atoms with Gasteiger partial charge in [0.15, 0.2) is 10.8 Å². The summed E-state index contributed by atoms with van der Waals surface area (Å²) in [5, 5.41) is 6.82. The summed E-state index contributed by atoms with van der Waals surface area (Å²) in [5.41, 5.74) is 1.90. The molecule has 2 aromatic rings. The number of methoxy groups -OCH3 is 1. The Morgan fingerprint density at radius 2 is 2.38 bits per heavy atom. The molecular weight excluding hydrogens is 192 g/mol. The molecule has 0 aromatic carbocycles. The van der Waals surface area contributed by atoms with Crippen LogP contribution in [0.3, 0.4) is 0 Å². The van der Waals surface area contributed by atoms with E-state index >= 15 is 0 Å². The van der Waals surface area contributed by atoms with Crippen molar-refractivity contribution < 1.29 is 4.74 Å². The van der Waals surface area contributed by atoms with Gasteiger partial charge in [-0.1, -0.05) is 11.6 Å². The zero-order valence-corrected chi connectivity index (χ0v) is 7.67. The van der Waals surface area contributed by atoms with Gasteiger partial charge in [0.1, 0.15) is 11.2 Å². The number of fused-ring (bicyclic) bond motifs is 1. The van der Waals surface area contributed by atoms with Gasteiger partial charge in [-0.15, -0.1) is 0 Å². The normalized spacial score (nSPS) is 10.9. The van der Waals surface area contributed by atoms with Gasteiger partial charge in [-0.25, -0.2) is 9.97 Å². The molecule has 6 heteroatoms. The van der Waals surface area contributed by atoms with Crippen LogP contribution >= 0.6 is 11.6 Å². The maximum Gasteiger partial charge on any atom is 0.175 e. The lowest BCUT2D eigenvalue weighted by Crippen LogP contribution is -1.96. The van der Waals surface area contributed by atoms with Crippen LogP contribution < -0.4 is 0 Å². The van der Waals surface area contributed by atoms with Gasteiger partial charge in [0.05, 0.1) is 12.8 Å². The lowest BCUT2D eigenvalue weighted by atomic mass is 10.4. The molecule has 0 aliphatic carbocycles. The fourth-order valence-electron chi connectivity index (χ4n) is 1.02. The van der Waals surface area contributed by atoms with Crippen LogP contribution in [0.2, 0.25) is 5.15 Å². The highest BCUT2D eigenvalue weighted by atomic mass is 35.5. The van der Waals surface area contributed by atoms with Crippen molar-refractivity contribution in [1.29, 1.82) is 0 Å². The number of aromatic amines is 1. The van der Waals surface area contributed by atoms with E-state index in [1.165, 1.54) is 0 Å². The Morgan fingerprint density at radius 3 is 3.15 bits per heavy atom. The van der Waals surface area contributed by atoms with E-state index in [1.54, 1.807) is 13.3 Å². The molecule has 0 aliphatic rings. The van der Waals surface area contributed by atoms with E-state index in [2.05, 4.69) is 20.2 Å². The lowest BCUT2D eigenvalue weighted by molar-refractivity contribution is 0.181. The Balaban J connectivity index is 2.56. The van der Waals surface area contributed by atoms with Gasteiger partial charge in [-0.3, -0.25) is 5.10 Å². The predicted octanol–water partition coefficient (Wildman–Crippen LogP) is 1.15. The molecule has 2 rings (SSSR count). The third-order valence-corrected chi connectivity index (χ3v) is 1.89. The van der Waals surface area contributed by atoms with Gasteiger partial charge >= 0.3 is 0 Å². The van der Waals surface area contributed by atoms with Gasteiger partial charge in [-0.05, 0) is 0 Å². The fraction of sp³-hybridized carbons (Fsp3) is 0.286. The van der Waals surface area contributed by atoms with Crippen molar-refractivity contribution in [2.24, 2.45) is 0 Å². The molecule has 13 heavy (non-hydrogen) atoms. The van der Waals surface area contributed by atoms with Crippen LogP contribution in [0.5, 0.6) is 0 Å². The second kappa shape index (κ2) is 3.27. The van der Waals surface area contributed by atoms with Gasteiger partial charge in [0, 0.05) is 7.11 Å². The summed E-state index contributed by atoms with van der Waals surface area (Å²) in [6.45, 7) is 0.354. The molecule has 0 radical (unpaired) electrons. The Labute approximate surface area is 79.1 Å². The quantitative estimate of drug-likeness (QED) is 0.787. The van der Waals surface area contributed by atoms with Gasteiger partial charge < -0.3 is 4.74 Å². The van der Waals surface area contributed by atoms with Crippen molar-refractivity contribution in [3.05, 3.63) is 17.0 Å². The number of aromatic nitrogens is 4. The molecule has 0 amide bonds. The van der Waals surface area contributed by atoms with Crippen LogP contribution in [0, 0.1) is 0 Å². The highest BCUT2D eigenvalue weighted by molar-refractivity contribution is 6.30. The molecule has 68 valence electrons. The first-order valence-electron chi connectivity index (χ1n) is 3.65. The number of hydrogen-bond donors (Lipinski definition) is 1. The molecule has 5 nitrogen and oxygen atoms in total. The van der Waals surface area contributed by atoms with E-state index in [1.807, 2.05) is 0 Å². The Kier molecular flexibility index (Phi) is 2.12.